The number of nitrogens with zero attached hydrogens (tertiary/aromatic N) is 2. The number of carbonyl (C=O) groups excluding carboxylic acids is 1. The first kappa shape index (κ1) is 14.8. The highest BCUT2D eigenvalue weighted by Crippen LogP contribution is 2.23. The van der Waals surface area contributed by atoms with Crippen molar-refractivity contribution >= 4 is 22.6 Å². The number of piperidine rings is 1. The van der Waals surface area contributed by atoms with Crippen LogP contribution < -0.4 is 5.32 Å². The molecule has 0 atom stereocenters. The van der Waals surface area contributed by atoms with Gasteiger partial charge in [-0.05, 0) is 37.1 Å². The Hall–Kier alpha value is -2.14. The molecule has 0 bridgehead atoms. The van der Waals surface area contributed by atoms with Crippen LogP contribution in [0.2, 0.25) is 0 Å². The topological polar surface area (TPSA) is 65.5 Å². The molecule has 2 heterocycles. The van der Waals surface area contributed by atoms with Crippen molar-refractivity contribution in [3.63, 3.8) is 0 Å². The number of hydrogen-bond donors (Lipinski definition) is 2. The number of benzene rings is 1. The number of urea groups is 1. The summed E-state index contributed by atoms with van der Waals surface area (Å²) in [6.45, 7) is 3.62. The highest BCUT2D eigenvalue weighted by Gasteiger charge is 2.22. The first-order chi connectivity index (χ1) is 10.7. The molecule has 5 heteroatoms. The third-order valence-corrected chi connectivity index (χ3v) is 4.31. The molecule has 0 saturated carbocycles. The number of hydrogen-bond acceptors (Lipinski definition) is 3. The molecule has 1 aliphatic heterocycles. The van der Waals surface area contributed by atoms with Gasteiger partial charge in [0.1, 0.15) is 5.82 Å². The zero-order valence-electron chi connectivity index (χ0n) is 12.7. The highest BCUT2D eigenvalue weighted by atomic mass is 16.3. The summed E-state index contributed by atoms with van der Waals surface area (Å²) in [4.78, 5) is 18.5. The maximum Gasteiger partial charge on any atom is 0.323 e. The SMILES string of the molecule is Cc1ccc2c(NC(=O)N3CCC(CO)CC3)nccc2c1. The van der Waals surface area contributed by atoms with Gasteiger partial charge in [0.2, 0.25) is 0 Å². The fourth-order valence-corrected chi connectivity index (χ4v) is 2.90. The molecule has 2 N–H and O–H groups in total. The summed E-state index contributed by atoms with van der Waals surface area (Å²) in [7, 11) is 0. The Balaban J connectivity index is 1.74. The number of amides is 2. The van der Waals surface area contributed by atoms with Crippen LogP contribution in [0.25, 0.3) is 10.8 Å². The minimum absolute atomic E-state index is 0.114. The van der Waals surface area contributed by atoms with E-state index < -0.39 is 0 Å². The van der Waals surface area contributed by atoms with E-state index in [-0.39, 0.29) is 12.6 Å². The van der Waals surface area contributed by atoms with Crippen molar-refractivity contribution in [1.82, 2.24) is 9.88 Å². The van der Waals surface area contributed by atoms with Crippen LogP contribution in [0.4, 0.5) is 10.6 Å². The first-order valence-corrected chi connectivity index (χ1v) is 7.69. The van der Waals surface area contributed by atoms with E-state index in [1.807, 2.05) is 25.1 Å². The Bertz CT molecular complexity index is 679. The summed E-state index contributed by atoms with van der Waals surface area (Å²) in [5.41, 5.74) is 1.18. The second kappa shape index (κ2) is 6.32. The number of aliphatic hydroxyl groups excluding tert-OH is 1. The van der Waals surface area contributed by atoms with Crippen molar-refractivity contribution in [1.29, 1.82) is 0 Å². The second-order valence-corrected chi connectivity index (χ2v) is 5.93. The van der Waals surface area contributed by atoms with E-state index in [1.54, 1.807) is 11.1 Å². The number of aryl methyl sites for hydroxylation is 1. The van der Waals surface area contributed by atoms with Crippen LogP contribution in [0.15, 0.2) is 30.5 Å². The van der Waals surface area contributed by atoms with Gasteiger partial charge in [0, 0.05) is 31.3 Å². The van der Waals surface area contributed by atoms with Crippen LogP contribution in [0.1, 0.15) is 18.4 Å². The van der Waals surface area contributed by atoms with Gasteiger partial charge in [0.25, 0.3) is 0 Å². The zero-order valence-corrected chi connectivity index (χ0v) is 12.7. The lowest BCUT2D eigenvalue weighted by Crippen LogP contribution is -2.41. The number of rotatable bonds is 2. The van der Waals surface area contributed by atoms with E-state index in [4.69, 9.17) is 5.11 Å². The Morgan fingerprint density at radius 3 is 2.86 bits per heavy atom. The largest absolute Gasteiger partial charge is 0.396 e. The smallest absolute Gasteiger partial charge is 0.323 e. The van der Waals surface area contributed by atoms with Gasteiger partial charge in [0.05, 0.1) is 0 Å². The van der Waals surface area contributed by atoms with E-state index in [2.05, 4.69) is 16.4 Å². The molecule has 1 aliphatic rings. The average molecular weight is 299 g/mol. The molecule has 2 amide bonds. The lowest BCUT2D eigenvalue weighted by atomic mass is 9.98. The molecule has 0 unspecified atom stereocenters. The van der Waals surface area contributed by atoms with Crippen molar-refractivity contribution in [2.75, 3.05) is 25.0 Å². The number of anilines is 1. The molecular formula is C17H21N3O2. The number of pyridine rings is 1. The van der Waals surface area contributed by atoms with Crippen molar-refractivity contribution in [2.24, 2.45) is 5.92 Å². The van der Waals surface area contributed by atoms with Crippen molar-refractivity contribution in [3.05, 3.63) is 36.0 Å². The van der Waals surface area contributed by atoms with Gasteiger partial charge in [-0.25, -0.2) is 9.78 Å². The molecule has 22 heavy (non-hydrogen) atoms. The molecular weight excluding hydrogens is 278 g/mol. The number of likely N-dealkylation sites (tertiary alicyclic amines) is 1. The first-order valence-electron chi connectivity index (χ1n) is 7.69. The van der Waals surface area contributed by atoms with Crippen LogP contribution in [0.5, 0.6) is 0 Å². The second-order valence-electron chi connectivity index (χ2n) is 5.93. The van der Waals surface area contributed by atoms with Gasteiger partial charge < -0.3 is 10.0 Å². The number of aromatic nitrogens is 1. The molecule has 1 aromatic carbocycles. The molecule has 0 aliphatic carbocycles. The molecule has 1 fully saturated rings. The van der Waals surface area contributed by atoms with Gasteiger partial charge in [-0.15, -0.1) is 0 Å². The molecule has 2 aromatic rings. The summed E-state index contributed by atoms with van der Waals surface area (Å²) < 4.78 is 0. The Kier molecular flexibility index (Phi) is 4.24. The summed E-state index contributed by atoms with van der Waals surface area (Å²) in [6.07, 6.45) is 3.42. The Morgan fingerprint density at radius 2 is 2.14 bits per heavy atom. The molecule has 3 rings (SSSR count). The van der Waals surface area contributed by atoms with E-state index in [1.165, 1.54) is 5.56 Å². The predicted molar refractivity (Wildman–Crippen MR) is 86.9 cm³/mol. The molecule has 0 radical (unpaired) electrons. The maximum absolute atomic E-state index is 12.4. The summed E-state index contributed by atoms with van der Waals surface area (Å²) in [6, 6.07) is 7.93. The number of aliphatic hydroxyl groups is 1. The minimum Gasteiger partial charge on any atom is -0.396 e. The quantitative estimate of drug-likeness (QED) is 0.896. The molecule has 1 aromatic heterocycles. The average Bonchev–Trinajstić information content (AvgIpc) is 2.55. The monoisotopic (exact) mass is 299 g/mol. The highest BCUT2D eigenvalue weighted by molar-refractivity contribution is 5.99. The molecule has 0 spiro atoms. The van der Waals surface area contributed by atoms with Crippen LogP contribution in [0.3, 0.4) is 0 Å². The van der Waals surface area contributed by atoms with Crippen LogP contribution in [-0.2, 0) is 0 Å². The summed E-state index contributed by atoms with van der Waals surface area (Å²) in [5.74, 6) is 0.925. The zero-order chi connectivity index (χ0) is 15.5. The van der Waals surface area contributed by atoms with Crippen molar-refractivity contribution in [2.45, 2.75) is 19.8 Å². The van der Waals surface area contributed by atoms with E-state index >= 15 is 0 Å². The minimum atomic E-state index is -0.114. The van der Waals surface area contributed by atoms with E-state index in [0.29, 0.717) is 24.8 Å². The van der Waals surface area contributed by atoms with Crippen LogP contribution in [-0.4, -0.2) is 40.7 Å². The fraction of sp³-hybridized carbons (Fsp3) is 0.412. The van der Waals surface area contributed by atoms with Gasteiger partial charge in [0.15, 0.2) is 0 Å². The summed E-state index contributed by atoms with van der Waals surface area (Å²) in [5, 5.41) is 14.1. The van der Waals surface area contributed by atoms with Crippen molar-refractivity contribution in [3.8, 4) is 0 Å². The lowest BCUT2D eigenvalue weighted by molar-refractivity contribution is 0.143. The van der Waals surface area contributed by atoms with Gasteiger partial charge in [-0.2, -0.15) is 0 Å². The normalized spacial score (nSPS) is 16.0. The van der Waals surface area contributed by atoms with Gasteiger partial charge in [-0.3, -0.25) is 5.32 Å². The van der Waals surface area contributed by atoms with Crippen LogP contribution >= 0.6 is 0 Å². The Labute approximate surface area is 130 Å². The molecule has 116 valence electrons. The van der Waals surface area contributed by atoms with E-state index in [9.17, 15) is 4.79 Å². The summed E-state index contributed by atoms with van der Waals surface area (Å²) >= 11 is 0. The number of nitrogens with one attached hydrogen (secondary N) is 1. The van der Waals surface area contributed by atoms with Crippen molar-refractivity contribution < 1.29 is 9.90 Å². The number of fused-ring (bicyclic) bond motifs is 1. The molecule has 5 nitrogen and oxygen atoms in total. The van der Waals surface area contributed by atoms with Gasteiger partial charge >= 0.3 is 6.03 Å². The Morgan fingerprint density at radius 1 is 1.36 bits per heavy atom. The maximum atomic E-state index is 12.4. The number of carbonyl (C=O) groups is 1. The molecule has 1 saturated heterocycles. The third-order valence-electron chi connectivity index (χ3n) is 4.31. The lowest BCUT2D eigenvalue weighted by Gasteiger charge is -2.31. The van der Waals surface area contributed by atoms with Gasteiger partial charge in [-0.1, -0.05) is 23.8 Å². The van der Waals surface area contributed by atoms with Crippen LogP contribution in [0, 0.1) is 12.8 Å². The third kappa shape index (κ3) is 3.04. The van der Waals surface area contributed by atoms with E-state index in [0.717, 1.165) is 23.6 Å². The fourth-order valence-electron chi connectivity index (χ4n) is 2.90. The standard InChI is InChI=1S/C17H21N3O2/c1-12-2-3-15-14(10-12)4-7-18-16(15)19-17(22)20-8-5-13(11-21)6-9-20/h2-4,7,10,13,21H,5-6,8-9,11H2,1H3,(H,18,19,22). The predicted octanol–water partition coefficient (Wildman–Crippen LogP) is 2.78.